The first kappa shape index (κ1) is 12.5. The number of carbonyl (C=O) groups excluding carboxylic acids is 1. The van der Waals surface area contributed by atoms with E-state index in [2.05, 4.69) is 16.5 Å². The Bertz CT molecular complexity index is 622. The van der Waals surface area contributed by atoms with Crippen LogP contribution in [-0.2, 0) is 0 Å². The van der Waals surface area contributed by atoms with Crippen LogP contribution >= 0.6 is 0 Å². The topological polar surface area (TPSA) is 49.6 Å². The van der Waals surface area contributed by atoms with Crippen molar-refractivity contribution in [2.75, 3.05) is 29.4 Å². The molecule has 1 amide bonds. The number of pyridine rings is 1. The van der Waals surface area contributed by atoms with Gasteiger partial charge in [-0.15, -0.1) is 6.58 Å². The Hall–Kier alpha value is -2.56. The molecule has 0 radical (unpaired) electrons. The molecule has 2 aromatic heterocycles. The van der Waals surface area contributed by atoms with Crippen LogP contribution < -0.4 is 9.80 Å². The highest BCUT2D eigenvalue weighted by Gasteiger charge is 2.28. The summed E-state index contributed by atoms with van der Waals surface area (Å²) in [4.78, 5) is 20.7. The summed E-state index contributed by atoms with van der Waals surface area (Å²) in [5.74, 6) is 1.01. The first-order chi connectivity index (χ1) is 9.81. The fourth-order valence-corrected chi connectivity index (χ4v) is 2.37. The molecule has 0 unspecified atom stereocenters. The summed E-state index contributed by atoms with van der Waals surface area (Å²) in [5.41, 5.74) is 0.807. The fourth-order valence-electron chi connectivity index (χ4n) is 2.37. The Morgan fingerprint density at radius 2 is 2.30 bits per heavy atom. The SMILES string of the molecule is C=CCN1CCN(C(=O)c2ccco2)c2cccnc21. The molecule has 0 saturated carbocycles. The zero-order valence-electron chi connectivity index (χ0n) is 11.0. The van der Waals surface area contributed by atoms with Crippen LogP contribution in [0.1, 0.15) is 10.6 Å². The zero-order valence-corrected chi connectivity index (χ0v) is 11.0. The van der Waals surface area contributed by atoms with E-state index >= 15 is 0 Å². The first-order valence-corrected chi connectivity index (χ1v) is 6.47. The smallest absolute Gasteiger partial charge is 0.294 e. The van der Waals surface area contributed by atoms with Gasteiger partial charge in [0.05, 0.1) is 12.0 Å². The highest BCUT2D eigenvalue weighted by atomic mass is 16.3. The lowest BCUT2D eigenvalue weighted by atomic mass is 10.2. The van der Waals surface area contributed by atoms with Crippen LogP contribution in [0.3, 0.4) is 0 Å². The molecular formula is C15H15N3O2. The molecule has 0 atom stereocenters. The normalized spacial score (nSPS) is 14.0. The summed E-state index contributed by atoms with van der Waals surface area (Å²) in [7, 11) is 0. The Morgan fingerprint density at radius 3 is 3.05 bits per heavy atom. The minimum absolute atomic E-state index is 0.137. The third-order valence-corrected chi connectivity index (χ3v) is 3.28. The van der Waals surface area contributed by atoms with Crippen molar-refractivity contribution < 1.29 is 9.21 Å². The van der Waals surface area contributed by atoms with Gasteiger partial charge >= 0.3 is 0 Å². The number of amides is 1. The van der Waals surface area contributed by atoms with Crippen LogP contribution in [0.15, 0.2) is 53.8 Å². The molecule has 0 aliphatic carbocycles. The van der Waals surface area contributed by atoms with Crippen molar-refractivity contribution in [3.05, 3.63) is 55.1 Å². The van der Waals surface area contributed by atoms with Gasteiger partial charge in [-0.2, -0.15) is 0 Å². The summed E-state index contributed by atoms with van der Waals surface area (Å²) in [6.07, 6.45) is 5.07. The predicted molar refractivity (Wildman–Crippen MR) is 77.0 cm³/mol. The lowest BCUT2D eigenvalue weighted by molar-refractivity contribution is 0.0960. The molecule has 1 aliphatic rings. The number of fused-ring (bicyclic) bond motifs is 1. The molecule has 0 spiro atoms. The van der Waals surface area contributed by atoms with E-state index in [-0.39, 0.29) is 5.91 Å². The van der Waals surface area contributed by atoms with E-state index in [1.807, 2.05) is 18.2 Å². The maximum Gasteiger partial charge on any atom is 0.294 e. The van der Waals surface area contributed by atoms with Gasteiger partial charge in [0, 0.05) is 25.8 Å². The van der Waals surface area contributed by atoms with Crippen LogP contribution in [0.25, 0.3) is 0 Å². The number of rotatable bonds is 3. The molecule has 0 bridgehead atoms. The van der Waals surface area contributed by atoms with E-state index < -0.39 is 0 Å². The monoisotopic (exact) mass is 269 g/mol. The number of nitrogens with zero attached hydrogens (tertiary/aromatic N) is 3. The molecule has 3 rings (SSSR count). The summed E-state index contributed by atoms with van der Waals surface area (Å²) < 4.78 is 5.20. The van der Waals surface area contributed by atoms with E-state index in [9.17, 15) is 4.79 Å². The number of aromatic nitrogens is 1. The fraction of sp³-hybridized carbons (Fsp3) is 0.200. The summed E-state index contributed by atoms with van der Waals surface area (Å²) >= 11 is 0. The number of carbonyl (C=O) groups is 1. The van der Waals surface area contributed by atoms with Crippen molar-refractivity contribution in [2.45, 2.75) is 0 Å². The average Bonchev–Trinajstić information content (AvgIpc) is 3.01. The van der Waals surface area contributed by atoms with Crippen LogP contribution in [0.5, 0.6) is 0 Å². The van der Waals surface area contributed by atoms with Gasteiger partial charge in [0.25, 0.3) is 5.91 Å². The van der Waals surface area contributed by atoms with Crippen LogP contribution in [0.4, 0.5) is 11.5 Å². The van der Waals surface area contributed by atoms with E-state index in [0.717, 1.165) is 18.1 Å². The third-order valence-electron chi connectivity index (χ3n) is 3.28. The predicted octanol–water partition coefficient (Wildman–Crippen LogP) is 2.33. The largest absolute Gasteiger partial charge is 0.459 e. The van der Waals surface area contributed by atoms with Gasteiger partial charge in [0.1, 0.15) is 0 Å². The highest BCUT2D eigenvalue weighted by Crippen LogP contribution is 2.31. The van der Waals surface area contributed by atoms with E-state index in [4.69, 9.17) is 4.42 Å². The molecule has 5 heteroatoms. The Kier molecular flexibility index (Phi) is 3.25. The van der Waals surface area contributed by atoms with Crippen LogP contribution in [0, 0.1) is 0 Å². The highest BCUT2D eigenvalue weighted by molar-refractivity contribution is 6.06. The minimum Gasteiger partial charge on any atom is -0.459 e. The number of hydrogen-bond acceptors (Lipinski definition) is 4. The summed E-state index contributed by atoms with van der Waals surface area (Å²) in [6, 6.07) is 7.12. The Labute approximate surface area is 117 Å². The number of anilines is 2. The molecule has 5 nitrogen and oxygen atoms in total. The van der Waals surface area contributed by atoms with Gasteiger partial charge in [0.15, 0.2) is 11.6 Å². The number of furan rings is 1. The standard InChI is InChI=1S/C15H15N3O2/c1-2-8-17-9-10-18(12-5-3-7-16-14(12)17)15(19)13-6-4-11-20-13/h2-7,11H,1,8-10H2. The summed E-state index contributed by atoms with van der Waals surface area (Å²) in [5, 5.41) is 0. The lowest BCUT2D eigenvalue weighted by Crippen LogP contribution is -2.44. The van der Waals surface area contributed by atoms with Gasteiger partial charge in [-0.3, -0.25) is 4.79 Å². The molecule has 0 aromatic carbocycles. The van der Waals surface area contributed by atoms with Gasteiger partial charge in [-0.05, 0) is 24.3 Å². The molecule has 0 saturated heterocycles. The van der Waals surface area contributed by atoms with Crippen molar-refractivity contribution in [3.63, 3.8) is 0 Å². The van der Waals surface area contributed by atoms with Crippen molar-refractivity contribution in [3.8, 4) is 0 Å². The Morgan fingerprint density at radius 1 is 1.40 bits per heavy atom. The minimum atomic E-state index is -0.137. The second-order valence-electron chi connectivity index (χ2n) is 4.51. The maximum absolute atomic E-state index is 12.5. The maximum atomic E-state index is 12.5. The zero-order chi connectivity index (χ0) is 13.9. The first-order valence-electron chi connectivity index (χ1n) is 6.47. The molecule has 0 fully saturated rings. The van der Waals surface area contributed by atoms with Crippen LogP contribution in [0.2, 0.25) is 0 Å². The molecule has 2 aromatic rings. The van der Waals surface area contributed by atoms with Gasteiger partial charge < -0.3 is 14.2 Å². The molecule has 1 aliphatic heterocycles. The van der Waals surface area contributed by atoms with Crippen molar-refractivity contribution >= 4 is 17.4 Å². The lowest BCUT2D eigenvalue weighted by Gasteiger charge is -2.35. The van der Waals surface area contributed by atoms with Gasteiger partial charge in [-0.25, -0.2) is 4.98 Å². The molecule has 102 valence electrons. The Balaban J connectivity index is 1.96. The molecule has 20 heavy (non-hydrogen) atoms. The van der Waals surface area contributed by atoms with Crippen molar-refractivity contribution in [1.82, 2.24) is 4.98 Å². The van der Waals surface area contributed by atoms with Crippen molar-refractivity contribution in [1.29, 1.82) is 0 Å². The molecule has 3 heterocycles. The molecular weight excluding hydrogens is 254 g/mol. The van der Waals surface area contributed by atoms with Gasteiger partial charge in [-0.1, -0.05) is 6.08 Å². The van der Waals surface area contributed by atoms with Crippen molar-refractivity contribution in [2.24, 2.45) is 0 Å². The van der Waals surface area contributed by atoms with Gasteiger partial charge in [0.2, 0.25) is 0 Å². The second kappa shape index (κ2) is 5.21. The van der Waals surface area contributed by atoms with E-state index in [0.29, 0.717) is 18.8 Å². The van der Waals surface area contributed by atoms with E-state index in [1.165, 1.54) is 6.26 Å². The van der Waals surface area contributed by atoms with E-state index in [1.54, 1.807) is 23.2 Å². The molecule has 0 N–H and O–H groups in total. The van der Waals surface area contributed by atoms with Crippen LogP contribution in [-0.4, -0.2) is 30.5 Å². The quantitative estimate of drug-likeness (QED) is 0.802. The average molecular weight is 269 g/mol. The third kappa shape index (κ3) is 2.07. The number of hydrogen-bond donors (Lipinski definition) is 0. The second-order valence-corrected chi connectivity index (χ2v) is 4.51. The summed E-state index contributed by atoms with van der Waals surface area (Å²) in [6.45, 7) is 5.80.